The van der Waals surface area contributed by atoms with Gasteiger partial charge < -0.3 is 10.1 Å². The quantitative estimate of drug-likeness (QED) is 0.521. The molecule has 0 spiro atoms. The number of benzene rings is 3. The van der Waals surface area contributed by atoms with Crippen LogP contribution in [0.1, 0.15) is 12.5 Å². The lowest BCUT2D eigenvalue weighted by atomic mass is 10.1. The molecule has 1 atom stereocenters. The molecule has 0 aliphatic rings. The summed E-state index contributed by atoms with van der Waals surface area (Å²) in [6, 6.07) is 21.7. The molecule has 0 aromatic heterocycles. The third kappa shape index (κ3) is 5.41. The van der Waals surface area contributed by atoms with E-state index in [1.54, 1.807) is 18.7 Å². The number of carbonyl (C=O) groups is 1. The van der Waals surface area contributed by atoms with Crippen molar-refractivity contribution in [1.82, 2.24) is 5.32 Å². The smallest absolute Gasteiger partial charge is 0.260 e. The topological polar surface area (TPSA) is 38.3 Å². The molecular weight excluding hydrogens is 378 g/mol. The summed E-state index contributed by atoms with van der Waals surface area (Å²) in [7, 11) is 0. The van der Waals surface area contributed by atoms with Gasteiger partial charge in [-0.25, -0.2) is 0 Å². The van der Waals surface area contributed by atoms with E-state index < -0.39 is 6.10 Å². The number of rotatable bonds is 8. The molecular formula is C22H22ClNO2S. The highest BCUT2D eigenvalue weighted by Crippen LogP contribution is 2.26. The fourth-order valence-corrected chi connectivity index (χ4v) is 3.87. The molecule has 0 saturated carbocycles. The number of hydrogen-bond donors (Lipinski definition) is 1. The van der Waals surface area contributed by atoms with E-state index in [0.717, 1.165) is 38.6 Å². The van der Waals surface area contributed by atoms with E-state index >= 15 is 0 Å². The Morgan fingerprint density at radius 1 is 1.07 bits per heavy atom. The third-order valence-electron chi connectivity index (χ3n) is 4.18. The molecule has 0 bridgehead atoms. The average molecular weight is 400 g/mol. The predicted octanol–water partition coefficient (Wildman–Crippen LogP) is 5.31. The molecule has 0 aliphatic heterocycles. The minimum absolute atomic E-state index is 0.110. The first-order chi connectivity index (χ1) is 13.1. The molecule has 5 heteroatoms. The van der Waals surface area contributed by atoms with Crippen LogP contribution in [0.25, 0.3) is 10.8 Å². The largest absolute Gasteiger partial charge is 0.480 e. The molecule has 0 heterocycles. The van der Waals surface area contributed by atoms with Crippen molar-refractivity contribution in [2.24, 2.45) is 0 Å². The molecule has 1 N–H and O–H groups in total. The van der Waals surface area contributed by atoms with Gasteiger partial charge in [-0.1, -0.05) is 66.2 Å². The molecule has 3 nitrogen and oxygen atoms in total. The van der Waals surface area contributed by atoms with Gasteiger partial charge in [-0.3, -0.25) is 4.79 Å². The zero-order chi connectivity index (χ0) is 19.1. The van der Waals surface area contributed by atoms with Gasteiger partial charge in [0.15, 0.2) is 6.10 Å². The number of halogens is 1. The normalized spacial score (nSPS) is 11.9. The van der Waals surface area contributed by atoms with Crippen LogP contribution in [0.15, 0.2) is 66.7 Å². The zero-order valence-electron chi connectivity index (χ0n) is 15.2. The van der Waals surface area contributed by atoms with E-state index in [2.05, 4.69) is 5.32 Å². The highest BCUT2D eigenvalue weighted by molar-refractivity contribution is 7.98. The van der Waals surface area contributed by atoms with Crippen molar-refractivity contribution in [2.75, 3.05) is 12.3 Å². The number of thioether (sulfide) groups is 1. The van der Waals surface area contributed by atoms with E-state index in [-0.39, 0.29) is 5.91 Å². The lowest BCUT2D eigenvalue weighted by Gasteiger charge is -2.16. The number of hydrogen-bond acceptors (Lipinski definition) is 3. The number of amides is 1. The van der Waals surface area contributed by atoms with Crippen molar-refractivity contribution in [3.05, 3.63) is 77.3 Å². The van der Waals surface area contributed by atoms with E-state index in [0.29, 0.717) is 6.54 Å². The van der Waals surface area contributed by atoms with Crippen molar-refractivity contribution >= 4 is 40.0 Å². The second-order valence-corrected chi connectivity index (χ2v) is 7.68. The summed E-state index contributed by atoms with van der Waals surface area (Å²) in [6.45, 7) is 2.37. The van der Waals surface area contributed by atoms with Gasteiger partial charge in [-0.2, -0.15) is 11.8 Å². The maximum absolute atomic E-state index is 12.3. The zero-order valence-corrected chi connectivity index (χ0v) is 16.7. The van der Waals surface area contributed by atoms with Crippen molar-refractivity contribution in [2.45, 2.75) is 18.8 Å². The predicted molar refractivity (Wildman–Crippen MR) is 115 cm³/mol. The minimum Gasteiger partial charge on any atom is -0.480 e. The van der Waals surface area contributed by atoms with Gasteiger partial charge in [0.2, 0.25) is 0 Å². The minimum atomic E-state index is -0.552. The first-order valence-electron chi connectivity index (χ1n) is 8.88. The third-order valence-corrected chi connectivity index (χ3v) is 5.56. The molecule has 0 saturated heterocycles. The Kier molecular flexibility index (Phi) is 7.02. The van der Waals surface area contributed by atoms with Crippen LogP contribution in [0, 0.1) is 0 Å². The monoisotopic (exact) mass is 399 g/mol. The molecule has 0 aliphatic carbocycles. The average Bonchev–Trinajstić information content (AvgIpc) is 2.69. The number of ether oxygens (including phenoxy) is 1. The molecule has 0 unspecified atom stereocenters. The van der Waals surface area contributed by atoms with E-state index in [9.17, 15) is 4.79 Å². The summed E-state index contributed by atoms with van der Waals surface area (Å²) in [4.78, 5) is 12.3. The summed E-state index contributed by atoms with van der Waals surface area (Å²) in [6.07, 6.45) is -0.552. The molecule has 0 fully saturated rings. The fraction of sp³-hybridized carbons (Fsp3) is 0.227. The standard InChI is InChI=1S/C22H22ClNO2S/c1-16(26-21-12-6-9-17-7-2-4-10-19(17)21)22(25)24-13-14-27-15-18-8-3-5-11-20(18)23/h2-12,16H,13-15H2,1H3,(H,24,25)/t16-/m0/s1. The van der Waals surface area contributed by atoms with Crippen LogP contribution in [0.4, 0.5) is 0 Å². The maximum atomic E-state index is 12.3. The second-order valence-electron chi connectivity index (χ2n) is 6.17. The first kappa shape index (κ1) is 19.6. The number of nitrogens with one attached hydrogen (secondary N) is 1. The second kappa shape index (κ2) is 9.67. The van der Waals surface area contributed by atoms with Gasteiger partial charge in [-0.15, -0.1) is 0 Å². The highest BCUT2D eigenvalue weighted by atomic mass is 35.5. The Morgan fingerprint density at radius 3 is 2.67 bits per heavy atom. The molecule has 27 heavy (non-hydrogen) atoms. The van der Waals surface area contributed by atoms with Crippen LogP contribution in [0.2, 0.25) is 5.02 Å². The summed E-state index contributed by atoms with van der Waals surface area (Å²) in [5, 5.41) is 5.82. The van der Waals surface area contributed by atoms with Gasteiger partial charge in [0.1, 0.15) is 5.75 Å². The molecule has 140 valence electrons. The van der Waals surface area contributed by atoms with Crippen LogP contribution in [0.5, 0.6) is 5.75 Å². The summed E-state index contributed by atoms with van der Waals surface area (Å²) in [5.41, 5.74) is 1.11. The molecule has 1 amide bonds. The Hall–Kier alpha value is -2.17. The Labute approximate surface area is 169 Å². The van der Waals surface area contributed by atoms with Crippen molar-refractivity contribution in [3.8, 4) is 5.75 Å². The lowest BCUT2D eigenvalue weighted by molar-refractivity contribution is -0.127. The SMILES string of the molecule is C[C@H](Oc1cccc2ccccc12)C(=O)NCCSCc1ccccc1Cl. The molecule has 3 aromatic rings. The van der Waals surface area contributed by atoms with Crippen molar-refractivity contribution in [3.63, 3.8) is 0 Å². The summed E-state index contributed by atoms with van der Waals surface area (Å²) < 4.78 is 5.90. The van der Waals surface area contributed by atoms with Gasteiger partial charge in [0, 0.05) is 28.5 Å². The van der Waals surface area contributed by atoms with Gasteiger partial charge in [-0.05, 0) is 30.0 Å². The van der Waals surface area contributed by atoms with Crippen molar-refractivity contribution in [1.29, 1.82) is 0 Å². The van der Waals surface area contributed by atoms with Crippen molar-refractivity contribution < 1.29 is 9.53 Å². The van der Waals surface area contributed by atoms with E-state index in [4.69, 9.17) is 16.3 Å². The van der Waals surface area contributed by atoms with Crippen LogP contribution in [-0.4, -0.2) is 24.3 Å². The van der Waals surface area contributed by atoms with Crippen LogP contribution >= 0.6 is 23.4 Å². The van der Waals surface area contributed by atoms with Gasteiger partial charge in [0.25, 0.3) is 5.91 Å². The van der Waals surface area contributed by atoms with E-state index in [1.807, 2.05) is 66.7 Å². The van der Waals surface area contributed by atoms with Crippen LogP contribution in [0.3, 0.4) is 0 Å². The molecule has 3 aromatic carbocycles. The van der Waals surface area contributed by atoms with Gasteiger partial charge in [0.05, 0.1) is 0 Å². The molecule has 0 radical (unpaired) electrons. The fourth-order valence-electron chi connectivity index (χ4n) is 2.73. The maximum Gasteiger partial charge on any atom is 0.260 e. The Morgan fingerprint density at radius 2 is 1.81 bits per heavy atom. The van der Waals surface area contributed by atoms with Crippen LogP contribution in [-0.2, 0) is 10.5 Å². The lowest BCUT2D eigenvalue weighted by Crippen LogP contribution is -2.37. The summed E-state index contributed by atoms with van der Waals surface area (Å²) in [5.74, 6) is 2.26. The number of carbonyl (C=O) groups excluding carboxylic acids is 1. The first-order valence-corrected chi connectivity index (χ1v) is 10.4. The van der Waals surface area contributed by atoms with Gasteiger partial charge >= 0.3 is 0 Å². The highest BCUT2D eigenvalue weighted by Gasteiger charge is 2.15. The van der Waals surface area contributed by atoms with E-state index in [1.165, 1.54) is 0 Å². The number of fused-ring (bicyclic) bond motifs is 1. The molecule has 3 rings (SSSR count). The Balaban J connectivity index is 1.44. The van der Waals surface area contributed by atoms with Crippen LogP contribution < -0.4 is 10.1 Å². The summed E-state index contributed by atoms with van der Waals surface area (Å²) >= 11 is 7.89. The Bertz CT molecular complexity index is 910.